The first-order chi connectivity index (χ1) is 7.94. The molecular weight excluding hydrogens is 238 g/mol. The zero-order valence-electron chi connectivity index (χ0n) is 10.9. The zero-order valence-corrected chi connectivity index (χ0v) is 11.7. The average Bonchev–Trinajstić information content (AvgIpc) is 2.23. The zero-order chi connectivity index (χ0) is 12.9. The number of hydrogen-bond donors (Lipinski definition) is 2. The van der Waals surface area contributed by atoms with E-state index in [1.807, 2.05) is 0 Å². The number of piperidine rings is 1. The van der Waals surface area contributed by atoms with Gasteiger partial charge < -0.3 is 10.6 Å². The van der Waals surface area contributed by atoms with Crippen LogP contribution in [0, 0.1) is 0 Å². The van der Waals surface area contributed by atoms with E-state index in [0.29, 0.717) is 19.0 Å². The Morgan fingerprint density at radius 3 is 2.71 bits per heavy atom. The quantitative estimate of drug-likeness (QED) is 0.668. The second-order valence-corrected chi connectivity index (χ2v) is 6.86. The third-order valence-corrected chi connectivity index (χ3v) is 4.94. The summed E-state index contributed by atoms with van der Waals surface area (Å²) in [6.07, 6.45) is 3.21. The van der Waals surface area contributed by atoms with E-state index in [1.165, 1.54) is 0 Å². The molecule has 0 aliphatic carbocycles. The van der Waals surface area contributed by atoms with Crippen molar-refractivity contribution in [2.24, 2.45) is 5.73 Å². The third kappa shape index (κ3) is 5.33. The highest BCUT2D eigenvalue weighted by Gasteiger charge is 2.25. The molecule has 0 bridgehead atoms. The molecule has 0 aromatic carbocycles. The lowest BCUT2D eigenvalue weighted by molar-refractivity contribution is 0.178. The Hall–Kier alpha value is -0.170. The molecule has 6 heteroatoms. The Bertz CT molecular complexity index is 319. The van der Waals surface area contributed by atoms with Crippen molar-refractivity contribution in [2.75, 3.05) is 25.9 Å². The maximum absolute atomic E-state index is 11.8. The lowest BCUT2D eigenvalue weighted by Crippen LogP contribution is -2.47. The molecule has 1 aliphatic rings. The Kier molecular flexibility index (Phi) is 5.85. The summed E-state index contributed by atoms with van der Waals surface area (Å²) >= 11 is 0. The Morgan fingerprint density at radius 2 is 2.12 bits per heavy atom. The average molecular weight is 263 g/mol. The lowest BCUT2D eigenvalue weighted by Gasteiger charge is -2.35. The van der Waals surface area contributed by atoms with E-state index in [-0.39, 0.29) is 11.8 Å². The van der Waals surface area contributed by atoms with Crippen molar-refractivity contribution in [3.05, 3.63) is 0 Å². The van der Waals surface area contributed by atoms with Crippen LogP contribution in [0.2, 0.25) is 0 Å². The second kappa shape index (κ2) is 6.68. The molecule has 0 radical (unpaired) electrons. The minimum absolute atomic E-state index is 0.101. The SMILES string of the molecule is CC1CC(NS(=O)(=O)CCCCN)CCN1C. The Morgan fingerprint density at radius 1 is 1.41 bits per heavy atom. The maximum atomic E-state index is 11.8. The van der Waals surface area contributed by atoms with Crippen LogP contribution in [0.5, 0.6) is 0 Å². The van der Waals surface area contributed by atoms with Crippen LogP contribution in [0.3, 0.4) is 0 Å². The van der Waals surface area contributed by atoms with Gasteiger partial charge in [-0.25, -0.2) is 13.1 Å². The molecule has 1 fully saturated rings. The highest BCUT2D eigenvalue weighted by atomic mass is 32.2. The number of unbranched alkanes of at least 4 members (excludes halogenated alkanes) is 1. The maximum Gasteiger partial charge on any atom is 0.211 e. The molecule has 17 heavy (non-hydrogen) atoms. The fraction of sp³-hybridized carbons (Fsp3) is 1.00. The molecule has 5 nitrogen and oxygen atoms in total. The summed E-state index contributed by atoms with van der Waals surface area (Å²) in [6, 6.07) is 0.546. The van der Waals surface area contributed by atoms with E-state index in [4.69, 9.17) is 5.73 Å². The van der Waals surface area contributed by atoms with E-state index in [1.54, 1.807) is 0 Å². The Balaban J connectivity index is 2.37. The van der Waals surface area contributed by atoms with Crippen LogP contribution < -0.4 is 10.5 Å². The summed E-state index contributed by atoms with van der Waals surface area (Å²) in [6.45, 7) is 3.65. The first kappa shape index (κ1) is 14.9. The largest absolute Gasteiger partial charge is 0.330 e. The standard InChI is InChI=1S/C11H25N3O2S/c1-10-9-11(5-7-14(10)2)13-17(15,16)8-4-3-6-12/h10-11,13H,3-9,12H2,1-2H3. The van der Waals surface area contributed by atoms with E-state index < -0.39 is 10.0 Å². The van der Waals surface area contributed by atoms with Crippen LogP contribution in [0.4, 0.5) is 0 Å². The number of nitrogens with zero attached hydrogens (tertiary/aromatic N) is 1. The fourth-order valence-corrected chi connectivity index (χ4v) is 3.57. The van der Waals surface area contributed by atoms with Gasteiger partial charge in [0.2, 0.25) is 10.0 Å². The number of nitrogens with two attached hydrogens (primary N) is 1. The topological polar surface area (TPSA) is 75.4 Å². The number of nitrogens with one attached hydrogen (secondary N) is 1. The van der Waals surface area contributed by atoms with E-state index in [0.717, 1.165) is 25.8 Å². The first-order valence-corrected chi connectivity index (χ1v) is 8.00. The van der Waals surface area contributed by atoms with Gasteiger partial charge in [-0.15, -0.1) is 0 Å². The van der Waals surface area contributed by atoms with Crippen molar-refractivity contribution in [3.63, 3.8) is 0 Å². The molecule has 3 N–H and O–H groups in total. The van der Waals surface area contributed by atoms with Crippen molar-refractivity contribution in [2.45, 2.75) is 44.7 Å². The number of rotatable bonds is 6. The van der Waals surface area contributed by atoms with Crippen molar-refractivity contribution in [3.8, 4) is 0 Å². The van der Waals surface area contributed by atoms with Gasteiger partial charge in [0.05, 0.1) is 5.75 Å². The second-order valence-electron chi connectivity index (χ2n) is 4.98. The number of hydrogen-bond acceptors (Lipinski definition) is 4. The van der Waals surface area contributed by atoms with Crippen molar-refractivity contribution < 1.29 is 8.42 Å². The molecule has 1 heterocycles. The van der Waals surface area contributed by atoms with Gasteiger partial charge in [0.15, 0.2) is 0 Å². The summed E-state index contributed by atoms with van der Waals surface area (Å²) < 4.78 is 26.4. The van der Waals surface area contributed by atoms with Gasteiger partial charge >= 0.3 is 0 Å². The highest BCUT2D eigenvalue weighted by molar-refractivity contribution is 7.89. The minimum Gasteiger partial charge on any atom is -0.330 e. The van der Waals surface area contributed by atoms with Gasteiger partial charge in [0.1, 0.15) is 0 Å². The molecule has 1 aliphatic heterocycles. The van der Waals surface area contributed by atoms with Crippen LogP contribution in [0.1, 0.15) is 32.6 Å². The molecule has 102 valence electrons. The van der Waals surface area contributed by atoms with Gasteiger partial charge in [-0.05, 0) is 52.7 Å². The van der Waals surface area contributed by atoms with E-state index >= 15 is 0 Å². The summed E-state index contributed by atoms with van der Waals surface area (Å²) in [7, 11) is -1.04. The first-order valence-electron chi connectivity index (χ1n) is 6.35. The van der Waals surface area contributed by atoms with Gasteiger partial charge in [0.25, 0.3) is 0 Å². The molecule has 0 amide bonds. The lowest BCUT2D eigenvalue weighted by atomic mass is 10.0. The normalized spacial score (nSPS) is 27.2. The highest BCUT2D eigenvalue weighted by Crippen LogP contribution is 2.16. The van der Waals surface area contributed by atoms with Crippen molar-refractivity contribution in [1.29, 1.82) is 0 Å². The number of sulfonamides is 1. The van der Waals surface area contributed by atoms with Gasteiger partial charge in [-0.2, -0.15) is 0 Å². The van der Waals surface area contributed by atoms with E-state index in [2.05, 4.69) is 23.6 Å². The van der Waals surface area contributed by atoms with Crippen molar-refractivity contribution in [1.82, 2.24) is 9.62 Å². The van der Waals surface area contributed by atoms with Gasteiger partial charge in [-0.1, -0.05) is 0 Å². The summed E-state index contributed by atoms with van der Waals surface area (Å²) in [5.74, 6) is 0.199. The molecule has 0 aromatic rings. The predicted molar refractivity (Wildman–Crippen MR) is 70.3 cm³/mol. The molecule has 0 spiro atoms. The van der Waals surface area contributed by atoms with Crippen LogP contribution >= 0.6 is 0 Å². The molecule has 1 saturated heterocycles. The van der Waals surface area contributed by atoms with E-state index in [9.17, 15) is 8.42 Å². The molecule has 2 unspecified atom stereocenters. The van der Waals surface area contributed by atoms with Crippen LogP contribution in [0.25, 0.3) is 0 Å². The monoisotopic (exact) mass is 263 g/mol. The number of likely N-dealkylation sites (tertiary alicyclic amines) is 1. The van der Waals surface area contributed by atoms with Crippen LogP contribution in [-0.4, -0.2) is 51.3 Å². The van der Waals surface area contributed by atoms with Gasteiger partial charge in [0, 0.05) is 12.1 Å². The molecular formula is C11H25N3O2S. The Labute approximate surface area is 105 Å². The fourth-order valence-electron chi connectivity index (χ4n) is 2.15. The third-order valence-electron chi connectivity index (χ3n) is 3.42. The molecule has 1 rings (SSSR count). The summed E-state index contributed by atoms with van der Waals surface area (Å²) in [4.78, 5) is 2.26. The summed E-state index contributed by atoms with van der Waals surface area (Å²) in [5.41, 5.74) is 5.35. The minimum atomic E-state index is -3.12. The molecule has 0 saturated carbocycles. The smallest absolute Gasteiger partial charge is 0.211 e. The van der Waals surface area contributed by atoms with Crippen LogP contribution in [0.15, 0.2) is 0 Å². The molecule has 2 atom stereocenters. The van der Waals surface area contributed by atoms with Gasteiger partial charge in [-0.3, -0.25) is 0 Å². The predicted octanol–water partition coefficient (Wildman–Crippen LogP) is 0.127. The van der Waals surface area contributed by atoms with Crippen LogP contribution in [-0.2, 0) is 10.0 Å². The summed E-state index contributed by atoms with van der Waals surface area (Å²) in [5, 5.41) is 0. The molecule has 0 aromatic heterocycles. The van der Waals surface area contributed by atoms with Crippen molar-refractivity contribution >= 4 is 10.0 Å².